The molecule has 0 unspecified atom stereocenters. The Labute approximate surface area is 162 Å². The highest BCUT2D eigenvalue weighted by atomic mass is 32.2. The van der Waals surface area contributed by atoms with Gasteiger partial charge >= 0.3 is 0 Å². The van der Waals surface area contributed by atoms with E-state index in [0.717, 1.165) is 11.3 Å². The van der Waals surface area contributed by atoms with Crippen LogP contribution < -0.4 is 10.5 Å². The second kappa shape index (κ2) is 7.16. The number of nitrogens with two attached hydrogens (primary N) is 1. The van der Waals surface area contributed by atoms with Crippen molar-refractivity contribution in [3.05, 3.63) is 85.2 Å². The van der Waals surface area contributed by atoms with Crippen molar-refractivity contribution in [3.8, 4) is 16.9 Å². The van der Waals surface area contributed by atoms with Crippen LogP contribution in [0.25, 0.3) is 16.9 Å². The molecule has 8 heteroatoms. The third-order valence-corrected chi connectivity index (χ3v) is 5.49. The highest BCUT2D eigenvalue weighted by Crippen LogP contribution is 2.26. The minimum Gasteiger partial charge on any atom is -0.399 e. The molecule has 0 saturated heterocycles. The van der Waals surface area contributed by atoms with Crippen LogP contribution in [0.3, 0.4) is 0 Å². The molecule has 2 heterocycles. The molecule has 7 nitrogen and oxygen atoms in total. The molecule has 4 aromatic rings. The van der Waals surface area contributed by atoms with Gasteiger partial charge in [-0.1, -0.05) is 18.2 Å². The lowest BCUT2D eigenvalue weighted by Crippen LogP contribution is -2.15. The van der Waals surface area contributed by atoms with Crippen LogP contribution in [0.2, 0.25) is 0 Å². The molecule has 0 aliphatic carbocycles. The molecular weight excluding hydrogens is 374 g/mol. The Bertz CT molecular complexity index is 1190. The van der Waals surface area contributed by atoms with Crippen LogP contribution in [-0.2, 0) is 10.0 Å². The van der Waals surface area contributed by atoms with E-state index in [-0.39, 0.29) is 4.90 Å². The fourth-order valence-corrected chi connectivity index (χ4v) is 3.76. The van der Waals surface area contributed by atoms with Crippen LogP contribution in [0.4, 0.5) is 11.5 Å². The van der Waals surface area contributed by atoms with Gasteiger partial charge in [0.15, 0.2) is 0 Å². The van der Waals surface area contributed by atoms with Crippen molar-refractivity contribution in [2.75, 3.05) is 10.5 Å². The summed E-state index contributed by atoms with van der Waals surface area (Å²) in [6.07, 6.45) is 3.32. The van der Waals surface area contributed by atoms with Crippen molar-refractivity contribution in [3.63, 3.8) is 0 Å². The standard InChI is InChI=1S/C20H17N5O2S/c21-16-6-8-18(9-7-16)28(26,27)24-20-14-19(15-10-12-22-13-11-15)23-25(20)17-4-2-1-3-5-17/h1-14,24H,21H2. The van der Waals surface area contributed by atoms with Gasteiger partial charge in [0.05, 0.1) is 16.3 Å². The molecule has 0 spiro atoms. The predicted molar refractivity (Wildman–Crippen MR) is 108 cm³/mol. The molecule has 0 amide bonds. The van der Waals surface area contributed by atoms with Crippen molar-refractivity contribution < 1.29 is 8.42 Å². The van der Waals surface area contributed by atoms with Crippen LogP contribution in [0, 0.1) is 0 Å². The smallest absolute Gasteiger partial charge is 0.263 e. The van der Waals surface area contributed by atoms with Gasteiger partial charge in [0.2, 0.25) is 0 Å². The molecule has 0 bridgehead atoms. The van der Waals surface area contributed by atoms with Gasteiger partial charge in [0.25, 0.3) is 10.0 Å². The number of nitrogens with one attached hydrogen (secondary N) is 1. The summed E-state index contributed by atoms with van der Waals surface area (Å²) in [6.45, 7) is 0. The Hall–Kier alpha value is -3.65. The topological polar surface area (TPSA) is 103 Å². The number of benzene rings is 2. The number of nitrogen functional groups attached to an aromatic ring is 1. The van der Waals surface area contributed by atoms with Crippen molar-refractivity contribution in [2.45, 2.75) is 4.90 Å². The lowest BCUT2D eigenvalue weighted by Gasteiger charge is -2.10. The van der Waals surface area contributed by atoms with E-state index in [1.807, 2.05) is 42.5 Å². The van der Waals surface area contributed by atoms with E-state index < -0.39 is 10.0 Å². The molecule has 28 heavy (non-hydrogen) atoms. The highest BCUT2D eigenvalue weighted by Gasteiger charge is 2.19. The molecular formula is C20H17N5O2S. The summed E-state index contributed by atoms with van der Waals surface area (Å²) < 4.78 is 29.9. The lowest BCUT2D eigenvalue weighted by molar-refractivity contribution is 0.600. The van der Waals surface area contributed by atoms with Gasteiger partial charge in [-0.3, -0.25) is 9.71 Å². The number of anilines is 2. The van der Waals surface area contributed by atoms with E-state index in [9.17, 15) is 8.42 Å². The van der Waals surface area contributed by atoms with Gasteiger partial charge in [-0.05, 0) is 48.5 Å². The van der Waals surface area contributed by atoms with Gasteiger partial charge in [0.1, 0.15) is 5.82 Å². The van der Waals surface area contributed by atoms with Gasteiger partial charge in [-0.25, -0.2) is 13.1 Å². The maximum absolute atomic E-state index is 12.8. The van der Waals surface area contributed by atoms with Crippen molar-refractivity contribution in [1.29, 1.82) is 0 Å². The monoisotopic (exact) mass is 391 g/mol. The molecule has 2 aromatic carbocycles. The SMILES string of the molecule is Nc1ccc(S(=O)(=O)Nc2cc(-c3ccncc3)nn2-c2ccccc2)cc1. The fraction of sp³-hybridized carbons (Fsp3) is 0. The first-order valence-corrected chi connectivity index (χ1v) is 9.95. The quantitative estimate of drug-likeness (QED) is 0.508. The maximum atomic E-state index is 12.8. The summed E-state index contributed by atoms with van der Waals surface area (Å²) in [5.74, 6) is 0.329. The summed E-state index contributed by atoms with van der Waals surface area (Å²) in [6, 6.07) is 20.7. The van der Waals surface area contributed by atoms with Crippen LogP contribution in [-0.4, -0.2) is 23.2 Å². The number of hydrogen-bond donors (Lipinski definition) is 2. The summed E-state index contributed by atoms with van der Waals surface area (Å²) >= 11 is 0. The second-order valence-corrected chi connectivity index (χ2v) is 7.75. The van der Waals surface area contributed by atoms with Crippen molar-refractivity contribution in [1.82, 2.24) is 14.8 Å². The second-order valence-electron chi connectivity index (χ2n) is 6.07. The number of pyridine rings is 1. The summed E-state index contributed by atoms with van der Waals surface area (Å²) in [5.41, 5.74) is 8.34. The number of sulfonamides is 1. The van der Waals surface area contributed by atoms with Crippen LogP contribution >= 0.6 is 0 Å². The maximum Gasteiger partial charge on any atom is 0.263 e. The van der Waals surface area contributed by atoms with E-state index in [0.29, 0.717) is 17.2 Å². The zero-order valence-electron chi connectivity index (χ0n) is 14.7. The third-order valence-electron chi connectivity index (χ3n) is 4.12. The first kappa shape index (κ1) is 17.7. The zero-order chi connectivity index (χ0) is 19.6. The molecule has 0 atom stereocenters. The molecule has 0 aliphatic rings. The van der Waals surface area contributed by atoms with E-state index in [1.54, 1.807) is 35.3 Å². The number of nitrogens with zero attached hydrogens (tertiary/aromatic N) is 3. The van der Waals surface area contributed by atoms with Gasteiger partial charge in [-0.2, -0.15) is 5.10 Å². The van der Waals surface area contributed by atoms with Crippen LogP contribution in [0.15, 0.2) is 90.1 Å². The Balaban J connectivity index is 1.79. The Morgan fingerprint density at radius 2 is 1.57 bits per heavy atom. The molecule has 2 aromatic heterocycles. The molecule has 0 aliphatic heterocycles. The largest absolute Gasteiger partial charge is 0.399 e. The van der Waals surface area contributed by atoms with Gasteiger partial charge in [-0.15, -0.1) is 0 Å². The Morgan fingerprint density at radius 3 is 2.25 bits per heavy atom. The van der Waals surface area contributed by atoms with Crippen LogP contribution in [0.1, 0.15) is 0 Å². The minimum absolute atomic E-state index is 0.118. The van der Waals surface area contributed by atoms with E-state index in [1.165, 1.54) is 12.1 Å². The van der Waals surface area contributed by atoms with Crippen molar-refractivity contribution in [2.24, 2.45) is 0 Å². The zero-order valence-corrected chi connectivity index (χ0v) is 15.5. The van der Waals surface area contributed by atoms with Crippen molar-refractivity contribution >= 4 is 21.5 Å². The molecule has 140 valence electrons. The fourth-order valence-electron chi connectivity index (χ4n) is 2.73. The van der Waals surface area contributed by atoms with Crippen LogP contribution in [0.5, 0.6) is 0 Å². The molecule has 0 radical (unpaired) electrons. The predicted octanol–water partition coefficient (Wildman–Crippen LogP) is 3.32. The third kappa shape index (κ3) is 3.58. The summed E-state index contributed by atoms with van der Waals surface area (Å²) in [7, 11) is -3.81. The Kier molecular flexibility index (Phi) is 4.54. The number of para-hydroxylation sites is 1. The van der Waals surface area contributed by atoms with E-state index in [4.69, 9.17) is 5.73 Å². The molecule has 0 fully saturated rings. The first-order valence-electron chi connectivity index (χ1n) is 8.47. The lowest BCUT2D eigenvalue weighted by atomic mass is 10.2. The molecule has 3 N–H and O–H groups in total. The molecule has 4 rings (SSSR count). The Morgan fingerprint density at radius 1 is 0.893 bits per heavy atom. The first-order chi connectivity index (χ1) is 13.5. The van der Waals surface area contributed by atoms with E-state index in [2.05, 4.69) is 14.8 Å². The normalized spacial score (nSPS) is 11.3. The van der Waals surface area contributed by atoms with E-state index >= 15 is 0 Å². The minimum atomic E-state index is -3.81. The number of rotatable bonds is 5. The summed E-state index contributed by atoms with van der Waals surface area (Å²) in [5, 5.41) is 4.58. The van der Waals surface area contributed by atoms with Gasteiger partial charge < -0.3 is 5.73 Å². The number of hydrogen-bond acceptors (Lipinski definition) is 5. The summed E-state index contributed by atoms with van der Waals surface area (Å²) in [4.78, 5) is 4.13. The average molecular weight is 391 g/mol. The molecule has 0 saturated carbocycles. The number of aromatic nitrogens is 3. The van der Waals surface area contributed by atoms with Gasteiger partial charge in [0, 0.05) is 29.7 Å². The highest BCUT2D eigenvalue weighted by molar-refractivity contribution is 7.92. The average Bonchev–Trinajstić information content (AvgIpc) is 3.13.